The van der Waals surface area contributed by atoms with E-state index in [1.165, 1.54) is 0 Å². The predicted molar refractivity (Wildman–Crippen MR) is 36.8 cm³/mol. The summed E-state index contributed by atoms with van der Waals surface area (Å²) in [5, 5.41) is 2.34. The number of carbonyl (C=O) groups is 1. The van der Waals surface area contributed by atoms with Crippen molar-refractivity contribution in [3.05, 3.63) is 12.7 Å². The van der Waals surface area contributed by atoms with Crippen LogP contribution >= 0.6 is 12.8 Å². The van der Waals surface area contributed by atoms with Gasteiger partial charge in [0.05, 0.1) is 0 Å². The van der Waals surface area contributed by atoms with Gasteiger partial charge in [-0.3, -0.25) is 0 Å². The van der Waals surface area contributed by atoms with Crippen molar-refractivity contribution in [3.8, 4) is 0 Å². The number of thiol groups is 1. The van der Waals surface area contributed by atoms with Gasteiger partial charge >= 0.3 is 6.09 Å². The fraction of sp³-hybridized carbons (Fsp3) is 0.250. The summed E-state index contributed by atoms with van der Waals surface area (Å²) in [5.74, 6) is 0. The van der Waals surface area contributed by atoms with Crippen molar-refractivity contribution in [2.75, 3.05) is 6.54 Å². The average Bonchev–Trinajstić information content (AvgIpc) is 1.85. The van der Waals surface area contributed by atoms with Gasteiger partial charge in [-0.15, -0.1) is 6.58 Å². The number of hydrogen-bond acceptors (Lipinski definition) is 4. The van der Waals surface area contributed by atoms with Crippen LogP contribution in [-0.4, -0.2) is 12.6 Å². The Morgan fingerprint density at radius 3 is 3.00 bits per heavy atom. The summed E-state index contributed by atoms with van der Waals surface area (Å²) in [5.41, 5.74) is 0. The Kier molecular flexibility index (Phi) is 5.04. The maximum atomic E-state index is 10.3. The Morgan fingerprint density at radius 2 is 2.56 bits per heavy atom. The lowest BCUT2D eigenvalue weighted by Crippen LogP contribution is -2.26. The summed E-state index contributed by atoms with van der Waals surface area (Å²) in [4.78, 5) is 16.4. The zero-order valence-electron chi connectivity index (χ0n) is 4.76. The summed E-state index contributed by atoms with van der Waals surface area (Å²) >= 11 is 3.42. The Morgan fingerprint density at radius 1 is 1.89 bits per heavy atom. The lowest BCUT2D eigenvalue weighted by atomic mass is 10.6. The molecule has 0 atom stereocenters. The van der Waals surface area contributed by atoms with Crippen LogP contribution in [0.1, 0.15) is 0 Å². The molecule has 0 spiro atoms. The van der Waals surface area contributed by atoms with Crippen LogP contribution in [0.5, 0.6) is 0 Å². The second-order valence-electron chi connectivity index (χ2n) is 1.15. The first-order chi connectivity index (χ1) is 4.31. The smallest absolute Gasteiger partial charge is 0.343 e. The van der Waals surface area contributed by atoms with Gasteiger partial charge in [0.25, 0.3) is 0 Å². The number of rotatable bonds is 3. The third kappa shape index (κ3) is 5.19. The molecule has 0 aliphatic carbocycles. The van der Waals surface area contributed by atoms with E-state index < -0.39 is 6.09 Å². The lowest BCUT2D eigenvalue weighted by Gasteiger charge is -1.99. The minimum Gasteiger partial charge on any atom is -0.343 e. The summed E-state index contributed by atoms with van der Waals surface area (Å²) < 4.78 is 0. The SMILES string of the molecule is C=CCNC(=O)ONS. The van der Waals surface area contributed by atoms with Gasteiger partial charge in [0, 0.05) is 6.54 Å². The molecule has 9 heavy (non-hydrogen) atoms. The maximum absolute atomic E-state index is 10.3. The molecule has 0 unspecified atom stereocenters. The number of carbonyl (C=O) groups excluding carboxylic acids is 1. The molecular weight excluding hydrogens is 140 g/mol. The third-order valence-electron chi connectivity index (χ3n) is 0.529. The van der Waals surface area contributed by atoms with E-state index in [1.54, 1.807) is 6.08 Å². The van der Waals surface area contributed by atoms with E-state index in [9.17, 15) is 4.79 Å². The third-order valence-corrected chi connectivity index (χ3v) is 0.620. The molecule has 0 rings (SSSR count). The van der Waals surface area contributed by atoms with E-state index in [-0.39, 0.29) is 0 Å². The molecule has 0 aromatic carbocycles. The predicted octanol–water partition coefficient (Wildman–Crippen LogP) is 0.248. The van der Waals surface area contributed by atoms with Gasteiger partial charge in [0.15, 0.2) is 0 Å². The van der Waals surface area contributed by atoms with Crippen molar-refractivity contribution in [2.24, 2.45) is 0 Å². The highest BCUT2D eigenvalue weighted by molar-refractivity contribution is 7.77. The fourth-order valence-electron chi connectivity index (χ4n) is 0.233. The summed E-state index contributed by atoms with van der Waals surface area (Å²) in [6, 6.07) is 0. The van der Waals surface area contributed by atoms with Crippen LogP contribution in [0.4, 0.5) is 4.79 Å². The quantitative estimate of drug-likeness (QED) is 0.305. The molecule has 0 aliphatic rings. The van der Waals surface area contributed by atoms with Crippen LogP contribution in [0.3, 0.4) is 0 Å². The molecule has 0 radical (unpaired) electrons. The molecule has 0 heterocycles. The van der Waals surface area contributed by atoms with Crippen LogP contribution in [0.25, 0.3) is 0 Å². The standard InChI is InChI=1S/C4H8N2O2S/c1-2-3-5-4(7)8-6-9/h2,6,9H,1,3H2,(H,5,7). The number of amides is 1. The molecule has 0 fully saturated rings. The zero-order chi connectivity index (χ0) is 7.11. The molecule has 0 bridgehead atoms. The van der Waals surface area contributed by atoms with E-state index in [0.717, 1.165) is 0 Å². The molecule has 4 nitrogen and oxygen atoms in total. The Labute approximate surface area is 58.8 Å². The molecule has 2 N–H and O–H groups in total. The fourth-order valence-corrected chi connectivity index (χ4v) is 0.316. The van der Waals surface area contributed by atoms with Gasteiger partial charge < -0.3 is 10.2 Å². The van der Waals surface area contributed by atoms with Crippen LogP contribution in [0, 0.1) is 0 Å². The Hall–Kier alpha value is -0.680. The maximum Gasteiger partial charge on any atom is 0.427 e. The van der Waals surface area contributed by atoms with Gasteiger partial charge in [-0.2, -0.15) is 0 Å². The monoisotopic (exact) mass is 148 g/mol. The molecule has 1 amide bonds. The van der Waals surface area contributed by atoms with E-state index in [1.807, 2.05) is 4.89 Å². The molecule has 0 aromatic heterocycles. The highest BCUT2D eigenvalue weighted by Crippen LogP contribution is 1.71. The first kappa shape index (κ1) is 8.32. The second kappa shape index (κ2) is 5.46. The van der Waals surface area contributed by atoms with Crippen molar-refractivity contribution in [2.45, 2.75) is 0 Å². The van der Waals surface area contributed by atoms with E-state index in [4.69, 9.17) is 0 Å². The average molecular weight is 148 g/mol. The van der Waals surface area contributed by atoms with Crippen molar-refractivity contribution in [1.82, 2.24) is 10.2 Å². The zero-order valence-corrected chi connectivity index (χ0v) is 5.65. The van der Waals surface area contributed by atoms with Crippen LogP contribution < -0.4 is 10.2 Å². The molecule has 0 aliphatic heterocycles. The van der Waals surface area contributed by atoms with Gasteiger partial charge in [0.2, 0.25) is 0 Å². The summed E-state index contributed by atoms with van der Waals surface area (Å²) in [7, 11) is 0. The largest absolute Gasteiger partial charge is 0.427 e. The first-order valence-electron chi connectivity index (χ1n) is 2.26. The topological polar surface area (TPSA) is 50.4 Å². The molecule has 0 aromatic rings. The second-order valence-corrected chi connectivity index (χ2v) is 1.33. The number of nitrogens with one attached hydrogen (secondary N) is 2. The molecule has 0 saturated carbocycles. The molecule has 5 heteroatoms. The minimum absolute atomic E-state index is 0.383. The highest BCUT2D eigenvalue weighted by Gasteiger charge is 1.94. The number of hydrogen-bond donors (Lipinski definition) is 3. The molecular formula is C4H8N2O2S. The van der Waals surface area contributed by atoms with E-state index in [2.05, 4.69) is 29.5 Å². The van der Waals surface area contributed by atoms with Crippen LogP contribution in [-0.2, 0) is 4.84 Å². The minimum atomic E-state index is -0.579. The Balaban J connectivity index is 3.16. The summed E-state index contributed by atoms with van der Waals surface area (Å²) in [6.45, 7) is 3.77. The van der Waals surface area contributed by atoms with Crippen molar-refractivity contribution >= 4 is 18.9 Å². The van der Waals surface area contributed by atoms with Crippen molar-refractivity contribution < 1.29 is 9.63 Å². The van der Waals surface area contributed by atoms with E-state index >= 15 is 0 Å². The lowest BCUT2D eigenvalue weighted by molar-refractivity contribution is 0.131. The Bertz CT molecular complexity index is 107. The first-order valence-corrected chi connectivity index (χ1v) is 2.70. The van der Waals surface area contributed by atoms with Gasteiger partial charge in [0.1, 0.15) is 0 Å². The van der Waals surface area contributed by atoms with E-state index in [0.29, 0.717) is 6.54 Å². The van der Waals surface area contributed by atoms with Gasteiger partial charge in [-0.1, -0.05) is 23.8 Å². The van der Waals surface area contributed by atoms with Crippen LogP contribution in [0.15, 0.2) is 12.7 Å². The van der Waals surface area contributed by atoms with Crippen molar-refractivity contribution in [1.29, 1.82) is 0 Å². The molecule has 0 saturated heterocycles. The van der Waals surface area contributed by atoms with Gasteiger partial charge in [-0.05, 0) is 0 Å². The molecule has 52 valence electrons. The van der Waals surface area contributed by atoms with Crippen molar-refractivity contribution in [3.63, 3.8) is 0 Å². The van der Waals surface area contributed by atoms with Gasteiger partial charge in [-0.25, -0.2) is 4.79 Å². The summed E-state index contributed by atoms with van der Waals surface area (Å²) in [6.07, 6.45) is 0.963. The van der Waals surface area contributed by atoms with Crippen LogP contribution in [0.2, 0.25) is 0 Å². The normalized spacial score (nSPS) is 8.11. The highest BCUT2D eigenvalue weighted by atomic mass is 32.1.